The molecule has 2 aromatic rings. The van der Waals surface area contributed by atoms with Crippen LogP contribution in [0, 0.1) is 12.8 Å². The second-order valence-electron chi connectivity index (χ2n) is 7.94. The van der Waals surface area contributed by atoms with Crippen LogP contribution in [-0.4, -0.2) is 38.9 Å². The lowest BCUT2D eigenvalue weighted by Gasteiger charge is -2.23. The summed E-state index contributed by atoms with van der Waals surface area (Å²) in [5, 5.41) is 0. The van der Waals surface area contributed by atoms with E-state index in [0.29, 0.717) is 29.0 Å². The summed E-state index contributed by atoms with van der Waals surface area (Å²) in [5.41, 5.74) is 1.70. The molecular formula is C22H26N2O4S. The molecule has 2 aromatic carbocycles. The molecule has 0 aromatic heterocycles. The summed E-state index contributed by atoms with van der Waals surface area (Å²) < 4.78 is 33.4. The third-order valence-electron chi connectivity index (χ3n) is 5.49. The van der Waals surface area contributed by atoms with Crippen molar-refractivity contribution in [2.75, 3.05) is 18.4 Å². The van der Waals surface area contributed by atoms with E-state index in [1.54, 1.807) is 43.5 Å². The van der Waals surface area contributed by atoms with Crippen LogP contribution >= 0.6 is 0 Å². The summed E-state index contributed by atoms with van der Waals surface area (Å²) in [7, 11) is -2.25. The Hall–Kier alpha value is -2.54. The van der Waals surface area contributed by atoms with Gasteiger partial charge in [0, 0.05) is 23.8 Å². The molecule has 0 spiro atoms. The molecule has 2 aliphatic carbocycles. The minimum atomic E-state index is -3.81. The number of carbonyl (C=O) groups excluding carboxylic acids is 1. The maximum absolute atomic E-state index is 13.2. The Morgan fingerprint density at radius 3 is 2.38 bits per heavy atom. The zero-order valence-electron chi connectivity index (χ0n) is 16.7. The van der Waals surface area contributed by atoms with Gasteiger partial charge >= 0.3 is 0 Å². The number of hydrogen-bond donors (Lipinski definition) is 1. The first-order valence-corrected chi connectivity index (χ1v) is 11.4. The average Bonchev–Trinajstić information content (AvgIpc) is 3.60. The molecule has 2 fully saturated rings. The van der Waals surface area contributed by atoms with Gasteiger partial charge in [0.2, 0.25) is 0 Å². The summed E-state index contributed by atoms with van der Waals surface area (Å²) in [6, 6.07) is 11.7. The maximum Gasteiger partial charge on any atom is 0.261 e. The highest BCUT2D eigenvalue weighted by Gasteiger charge is 2.37. The summed E-state index contributed by atoms with van der Waals surface area (Å²) in [5.74, 6) is 1.19. The molecule has 0 aliphatic heterocycles. The van der Waals surface area contributed by atoms with Crippen molar-refractivity contribution < 1.29 is 17.9 Å². The van der Waals surface area contributed by atoms with Gasteiger partial charge in [0.05, 0.1) is 12.0 Å². The van der Waals surface area contributed by atoms with Crippen LogP contribution in [-0.2, 0) is 10.0 Å². The zero-order chi connectivity index (χ0) is 20.6. The average molecular weight is 415 g/mol. The first-order valence-electron chi connectivity index (χ1n) is 9.96. The normalized spacial score (nSPS) is 16.3. The molecule has 29 heavy (non-hydrogen) atoms. The van der Waals surface area contributed by atoms with E-state index in [0.717, 1.165) is 24.9 Å². The van der Waals surface area contributed by atoms with Crippen molar-refractivity contribution in [3.63, 3.8) is 0 Å². The summed E-state index contributed by atoms with van der Waals surface area (Å²) >= 11 is 0. The number of carbonyl (C=O) groups is 1. The van der Waals surface area contributed by atoms with Crippen LogP contribution in [0.4, 0.5) is 5.69 Å². The van der Waals surface area contributed by atoms with Crippen LogP contribution in [0.15, 0.2) is 47.4 Å². The van der Waals surface area contributed by atoms with Crippen molar-refractivity contribution in [3.8, 4) is 5.75 Å². The van der Waals surface area contributed by atoms with E-state index in [4.69, 9.17) is 4.74 Å². The summed E-state index contributed by atoms with van der Waals surface area (Å²) in [4.78, 5) is 15.3. The second-order valence-corrected chi connectivity index (χ2v) is 9.63. The molecule has 0 radical (unpaired) electrons. The highest BCUT2D eigenvalue weighted by atomic mass is 32.2. The lowest BCUT2D eigenvalue weighted by Crippen LogP contribution is -2.35. The predicted molar refractivity (Wildman–Crippen MR) is 112 cm³/mol. The number of aryl methyl sites for hydroxylation is 1. The number of hydrogen-bond acceptors (Lipinski definition) is 4. The molecule has 0 bridgehead atoms. The lowest BCUT2D eigenvalue weighted by atomic mass is 10.1. The molecule has 2 saturated carbocycles. The molecule has 0 heterocycles. The molecule has 154 valence electrons. The van der Waals surface area contributed by atoms with Crippen LogP contribution in [0.2, 0.25) is 0 Å². The maximum atomic E-state index is 13.2. The van der Waals surface area contributed by atoms with E-state index in [-0.39, 0.29) is 10.8 Å². The van der Waals surface area contributed by atoms with E-state index in [1.807, 2.05) is 11.8 Å². The Kier molecular flexibility index (Phi) is 5.25. The summed E-state index contributed by atoms with van der Waals surface area (Å²) in [6.45, 7) is 2.63. The molecule has 2 aliphatic rings. The second kappa shape index (κ2) is 7.71. The van der Waals surface area contributed by atoms with Crippen molar-refractivity contribution in [2.24, 2.45) is 5.92 Å². The van der Waals surface area contributed by atoms with E-state index >= 15 is 0 Å². The highest BCUT2D eigenvalue weighted by molar-refractivity contribution is 7.92. The minimum absolute atomic E-state index is 0.0570. The number of methoxy groups -OCH3 is 1. The van der Waals surface area contributed by atoms with E-state index in [9.17, 15) is 13.2 Å². The Labute approximate surface area is 171 Å². The number of benzene rings is 2. The van der Waals surface area contributed by atoms with Gasteiger partial charge < -0.3 is 9.64 Å². The van der Waals surface area contributed by atoms with E-state index in [2.05, 4.69) is 4.72 Å². The largest absolute Gasteiger partial charge is 0.497 e. The molecule has 1 amide bonds. The fraction of sp³-hybridized carbons (Fsp3) is 0.409. The van der Waals surface area contributed by atoms with Gasteiger partial charge in [-0.15, -0.1) is 0 Å². The standard InChI is InChI=1S/C22H26N2O4S/c1-15-3-12-20(29(26,27)23-17-6-10-19(28-2)11-7-17)13-21(15)22(25)24(18-8-9-18)14-16-4-5-16/h3,6-7,10-13,16,18,23H,4-5,8-9,14H2,1-2H3. The third kappa shape index (κ3) is 4.56. The van der Waals surface area contributed by atoms with Crippen molar-refractivity contribution >= 4 is 21.6 Å². The molecule has 0 unspecified atom stereocenters. The van der Waals surface area contributed by atoms with Gasteiger partial charge in [-0.25, -0.2) is 8.42 Å². The molecule has 0 saturated heterocycles. The van der Waals surface area contributed by atoms with Gasteiger partial charge in [-0.3, -0.25) is 9.52 Å². The van der Waals surface area contributed by atoms with Crippen molar-refractivity contribution in [1.29, 1.82) is 0 Å². The Balaban J connectivity index is 1.58. The molecule has 7 heteroatoms. The molecular weight excluding hydrogens is 388 g/mol. The SMILES string of the molecule is COc1ccc(NS(=O)(=O)c2ccc(C)c(C(=O)N(CC3CC3)C3CC3)c2)cc1. The van der Waals surface area contributed by atoms with Crippen LogP contribution in [0.3, 0.4) is 0 Å². The van der Waals surface area contributed by atoms with Gasteiger partial charge in [0.1, 0.15) is 5.75 Å². The number of amides is 1. The number of rotatable bonds is 8. The number of sulfonamides is 1. The van der Waals surface area contributed by atoms with Gasteiger partial charge in [-0.2, -0.15) is 0 Å². The summed E-state index contributed by atoms with van der Waals surface area (Å²) in [6.07, 6.45) is 4.43. The first-order chi connectivity index (χ1) is 13.9. The van der Waals surface area contributed by atoms with Gasteiger partial charge in [0.15, 0.2) is 0 Å². The monoisotopic (exact) mass is 414 g/mol. The Bertz CT molecular complexity index is 1010. The third-order valence-corrected chi connectivity index (χ3v) is 6.87. The van der Waals surface area contributed by atoms with Gasteiger partial charge in [-0.1, -0.05) is 6.07 Å². The molecule has 6 nitrogen and oxygen atoms in total. The quantitative estimate of drug-likeness (QED) is 0.713. The van der Waals surface area contributed by atoms with Gasteiger partial charge in [-0.05, 0) is 80.5 Å². The molecule has 4 rings (SSSR count). The van der Waals surface area contributed by atoms with Crippen LogP contribution in [0.25, 0.3) is 0 Å². The van der Waals surface area contributed by atoms with E-state index < -0.39 is 10.0 Å². The lowest BCUT2D eigenvalue weighted by molar-refractivity contribution is 0.0734. The fourth-order valence-corrected chi connectivity index (χ4v) is 4.47. The smallest absolute Gasteiger partial charge is 0.261 e. The number of nitrogens with one attached hydrogen (secondary N) is 1. The number of anilines is 1. The van der Waals surface area contributed by atoms with Crippen LogP contribution < -0.4 is 9.46 Å². The van der Waals surface area contributed by atoms with Crippen molar-refractivity contribution in [3.05, 3.63) is 53.6 Å². The first kappa shape index (κ1) is 19.8. The highest BCUT2D eigenvalue weighted by Crippen LogP contribution is 2.36. The minimum Gasteiger partial charge on any atom is -0.497 e. The number of ether oxygens (including phenoxy) is 1. The molecule has 1 N–H and O–H groups in total. The predicted octanol–water partition coefficient (Wildman–Crippen LogP) is 3.82. The van der Waals surface area contributed by atoms with Crippen molar-refractivity contribution in [2.45, 2.75) is 43.5 Å². The topological polar surface area (TPSA) is 75.7 Å². The fourth-order valence-electron chi connectivity index (χ4n) is 3.39. The van der Waals surface area contributed by atoms with E-state index in [1.165, 1.54) is 18.9 Å². The Morgan fingerprint density at radius 2 is 1.79 bits per heavy atom. The van der Waals surface area contributed by atoms with Gasteiger partial charge in [0.25, 0.3) is 15.9 Å². The van der Waals surface area contributed by atoms with Crippen LogP contribution in [0.1, 0.15) is 41.6 Å². The molecule has 0 atom stereocenters. The van der Waals surface area contributed by atoms with Crippen LogP contribution in [0.5, 0.6) is 5.75 Å². The zero-order valence-corrected chi connectivity index (χ0v) is 17.5. The number of nitrogens with zero attached hydrogens (tertiary/aromatic N) is 1. The van der Waals surface area contributed by atoms with Crippen molar-refractivity contribution in [1.82, 2.24) is 4.90 Å². The Morgan fingerprint density at radius 1 is 1.10 bits per heavy atom.